The molecular weight excluding hydrogens is 186 g/mol. The van der Waals surface area contributed by atoms with Crippen LogP contribution in [0.15, 0.2) is 35.3 Å². The Morgan fingerprint density at radius 3 is 2.77 bits per heavy atom. The minimum Gasteiger partial charge on any atom is -0.318 e. The summed E-state index contributed by atoms with van der Waals surface area (Å²) >= 11 is 5.82. The van der Waals surface area contributed by atoms with E-state index in [-0.39, 0.29) is 5.56 Å². The van der Waals surface area contributed by atoms with E-state index in [4.69, 9.17) is 11.6 Å². The van der Waals surface area contributed by atoms with E-state index in [1.165, 1.54) is 0 Å². The van der Waals surface area contributed by atoms with E-state index in [1.54, 1.807) is 29.9 Å². The Balaban J connectivity index is 2.89. The van der Waals surface area contributed by atoms with Crippen LogP contribution >= 0.6 is 11.6 Å². The molecule has 0 spiro atoms. The van der Waals surface area contributed by atoms with Crippen molar-refractivity contribution in [1.29, 1.82) is 0 Å². The second kappa shape index (κ2) is 2.89. The molecule has 0 radical (unpaired) electrons. The average molecular weight is 194 g/mol. The minimum absolute atomic E-state index is 0.00479. The number of aromatic nitrogens is 1. The van der Waals surface area contributed by atoms with Gasteiger partial charge in [-0.3, -0.25) is 4.79 Å². The van der Waals surface area contributed by atoms with Crippen molar-refractivity contribution < 1.29 is 0 Å². The molecule has 0 bridgehead atoms. The second-order valence-electron chi connectivity index (χ2n) is 3.00. The van der Waals surface area contributed by atoms with Crippen molar-refractivity contribution in [3.63, 3.8) is 0 Å². The summed E-state index contributed by atoms with van der Waals surface area (Å²) in [5, 5.41) is 2.59. The summed E-state index contributed by atoms with van der Waals surface area (Å²) < 4.78 is 1.54. The van der Waals surface area contributed by atoms with Crippen LogP contribution in [0.3, 0.4) is 0 Å². The van der Waals surface area contributed by atoms with Crippen molar-refractivity contribution in [2.45, 2.75) is 0 Å². The number of nitrogens with zero attached hydrogens (tertiary/aromatic N) is 1. The number of benzene rings is 1. The van der Waals surface area contributed by atoms with Crippen molar-refractivity contribution in [3.8, 4) is 0 Å². The van der Waals surface area contributed by atoms with Gasteiger partial charge in [0.15, 0.2) is 0 Å². The van der Waals surface area contributed by atoms with Crippen LogP contribution in [0.5, 0.6) is 0 Å². The molecule has 1 aromatic heterocycles. The highest BCUT2D eigenvalue weighted by atomic mass is 35.5. The number of aryl methyl sites for hydroxylation is 1. The molecule has 13 heavy (non-hydrogen) atoms. The number of rotatable bonds is 0. The lowest BCUT2D eigenvalue weighted by Gasteiger charge is -2.00. The summed E-state index contributed by atoms with van der Waals surface area (Å²) in [6.07, 6.45) is 1.78. The maximum absolute atomic E-state index is 11.2. The predicted octanol–water partition coefficient (Wildman–Crippen LogP) is 2.19. The molecule has 0 amide bonds. The molecule has 1 heterocycles. The number of fused-ring (bicyclic) bond motifs is 1. The fourth-order valence-corrected chi connectivity index (χ4v) is 1.48. The Kier molecular flexibility index (Phi) is 1.85. The first kappa shape index (κ1) is 8.32. The molecule has 2 nitrogen and oxygen atoms in total. The molecule has 0 aliphatic heterocycles. The zero-order valence-corrected chi connectivity index (χ0v) is 7.88. The molecule has 0 unspecified atom stereocenters. The average Bonchev–Trinajstić information content (AvgIpc) is 2.08. The van der Waals surface area contributed by atoms with Crippen LogP contribution in [0.4, 0.5) is 0 Å². The van der Waals surface area contributed by atoms with Gasteiger partial charge in [-0.2, -0.15) is 0 Å². The van der Waals surface area contributed by atoms with E-state index in [2.05, 4.69) is 0 Å². The van der Waals surface area contributed by atoms with Crippen molar-refractivity contribution in [2.24, 2.45) is 7.05 Å². The molecule has 0 saturated heterocycles. The third kappa shape index (κ3) is 1.45. The standard InChI is InChI=1S/C10H8ClNO/c1-12-6-8-4-9(11)3-2-7(8)5-10(12)13/h2-6H,1H3. The number of hydrogen-bond donors (Lipinski definition) is 0. The van der Waals surface area contributed by atoms with Crippen LogP contribution in [0.25, 0.3) is 10.8 Å². The minimum atomic E-state index is -0.00479. The van der Waals surface area contributed by atoms with Gasteiger partial charge in [-0.05, 0) is 22.9 Å². The summed E-state index contributed by atoms with van der Waals surface area (Å²) in [7, 11) is 1.72. The molecule has 0 aliphatic carbocycles. The first-order valence-electron chi connectivity index (χ1n) is 3.93. The Bertz CT molecular complexity index is 516. The van der Waals surface area contributed by atoms with Crippen LogP contribution in [0, 0.1) is 0 Å². The lowest BCUT2D eigenvalue weighted by Crippen LogP contribution is -2.13. The third-order valence-electron chi connectivity index (χ3n) is 2.01. The first-order valence-corrected chi connectivity index (χ1v) is 4.30. The van der Waals surface area contributed by atoms with Gasteiger partial charge in [0.05, 0.1) is 0 Å². The Labute approximate surface area is 80.4 Å². The second-order valence-corrected chi connectivity index (χ2v) is 3.43. The molecule has 1 aromatic carbocycles. The Hall–Kier alpha value is -1.28. The van der Waals surface area contributed by atoms with Gasteiger partial charge in [0.1, 0.15) is 0 Å². The highest BCUT2D eigenvalue weighted by molar-refractivity contribution is 6.31. The molecular formula is C10H8ClNO. The van der Waals surface area contributed by atoms with Crippen LogP contribution in [-0.2, 0) is 7.05 Å². The van der Waals surface area contributed by atoms with Crippen molar-refractivity contribution >= 4 is 22.4 Å². The van der Waals surface area contributed by atoms with Crippen LogP contribution in [-0.4, -0.2) is 4.57 Å². The van der Waals surface area contributed by atoms with E-state index in [9.17, 15) is 4.79 Å². The first-order chi connectivity index (χ1) is 6.16. The van der Waals surface area contributed by atoms with Gasteiger partial charge >= 0.3 is 0 Å². The SMILES string of the molecule is Cn1cc2cc(Cl)ccc2cc1=O. The molecule has 0 aliphatic rings. The fourth-order valence-electron chi connectivity index (χ4n) is 1.30. The fraction of sp³-hybridized carbons (Fsp3) is 0.100. The molecule has 2 rings (SSSR count). The van der Waals surface area contributed by atoms with Gasteiger partial charge in [-0.1, -0.05) is 17.7 Å². The molecule has 0 fully saturated rings. The highest BCUT2D eigenvalue weighted by Crippen LogP contribution is 2.16. The molecule has 66 valence electrons. The molecule has 0 N–H and O–H groups in total. The zero-order valence-electron chi connectivity index (χ0n) is 7.12. The van der Waals surface area contributed by atoms with Crippen LogP contribution in [0.1, 0.15) is 0 Å². The molecule has 3 heteroatoms. The third-order valence-corrected chi connectivity index (χ3v) is 2.24. The van der Waals surface area contributed by atoms with Crippen molar-refractivity contribution in [3.05, 3.63) is 45.8 Å². The maximum atomic E-state index is 11.2. The molecule has 0 saturated carbocycles. The van der Waals surface area contributed by atoms with Crippen LogP contribution in [0.2, 0.25) is 5.02 Å². The Morgan fingerprint density at radius 1 is 1.23 bits per heavy atom. The summed E-state index contributed by atoms with van der Waals surface area (Å²) in [6, 6.07) is 7.07. The summed E-state index contributed by atoms with van der Waals surface area (Å²) in [4.78, 5) is 11.2. The van der Waals surface area contributed by atoms with Gasteiger partial charge in [0, 0.05) is 24.3 Å². The number of pyridine rings is 1. The predicted molar refractivity (Wildman–Crippen MR) is 54.2 cm³/mol. The largest absolute Gasteiger partial charge is 0.318 e. The van der Waals surface area contributed by atoms with Gasteiger partial charge in [-0.15, -0.1) is 0 Å². The Morgan fingerprint density at radius 2 is 2.00 bits per heavy atom. The van der Waals surface area contributed by atoms with Crippen molar-refractivity contribution in [2.75, 3.05) is 0 Å². The van der Waals surface area contributed by atoms with Gasteiger partial charge < -0.3 is 4.57 Å². The smallest absolute Gasteiger partial charge is 0.250 e. The lowest BCUT2D eigenvalue weighted by atomic mass is 10.2. The summed E-state index contributed by atoms with van der Waals surface area (Å²) in [5.41, 5.74) is -0.00479. The topological polar surface area (TPSA) is 22.0 Å². The zero-order chi connectivity index (χ0) is 9.42. The number of halogens is 1. The van der Waals surface area contributed by atoms with E-state index in [1.807, 2.05) is 12.1 Å². The number of hydrogen-bond acceptors (Lipinski definition) is 1. The highest BCUT2D eigenvalue weighted by Gasteiger charge is 1.97. The summed E-state index contributed by atoms with van der Waals surface area (Å²) in [6.45, 7) is 0. The summed E-state index contributed by atoms with van der Waals surface area (Å²) in [5.74, 6) is 0. The quantitative estimate of drug-likeness (QED) is 0.629. The van der Waals surface area contributed by atoms with E-state index >= 15 is 0 Å². The van der Waals surface area contributed by atoms with Gasteiger partial charge in [0.2, 0.25) is 0 Å². The van der Waals surface area contributed by atoms with E-state index < -0.39 is 0 Å². The van der Waals surface area contributed by atoms with E-state index in [0.29, 0.717) is 5.02 Å². The van der Waals surface area contributed by atoms with Gasteiger partial charge in [0.25, 0.3) is 5.56 Å². The van der Waals surface area contributed by atoms with E-state index in [0.717, 1.165) is 10.8 Å². The maximum Gasteiger partial charge on any atom is 0.250 e. The van der Waals surface area contributed by atoms with Crippen molar-refractivity contribution in [1.82, 2.24) is 4.57 Å². The normalized spacial score (nSPS) is 10.6. The molecule has 0 atom stereocenters. The lowest BCUT2D eigenvalue weighted by molar-refractivity contribution is 0.870. The van der Waals surface area contributed by atoms with Crippen LogP contribution < -0.4 is 5.56 Å². The molecule has 2 aromatic rings. The van der Waals surface area contributed by atoms with Gasteiger partial charge in [-0.25, -0.2) is 0 Å². The monoisotopic (exact) mass is 193 g/mol.